The largest absolute Gasteiger partial charge is 0.391 e. The molecule has 1 fully saturated rings. The van der Waals surface area contributed by atoms with Gasteiger partial charge >= 0.3 is 0 Å². The van der Waals surface area contributed by atoms with Gasteiger partial charge in [-0.25, -0.2) is 0 Å². The Morgan fingerprint density at radius 3 is 2.71 bits per heavy atom. The van der Waals surface area contributed by atoms with Gasteiger partial charge in [0.25, 0.3) is 0 Å². The standard InChI is InChI=1S/C19H30N2O3/c1-5-7-15(20-24-10-6-2)18-16(21-8-11-23-12-9-21)13-19(3,4)14-17(18)22/h6H,2,5,7-14H2,1,3-4H3. The topological polar surface area (TPSA) is 51.1 Å². The van der Waals surface area contributed by atoms with Crippen molar-refractivity contribution in [1.82, 2.24) is 4.90 Å². The monoisotopic (exact) mass is 334 g/mol. The highest BCUT2D eigenvalue weighted by atomic mass is 16.6. The fourth-order valence-corrected chi connectivity index (χ4v) is 3.34. The molecular weight excluding hydrogens is 304 g/mol. The first-order valence-corrected chi connectivity index (χ1v) is 8.87. The van der Waals surface area contributed by atoms with E-state index in [0.717, 1.165) is 49.3 Å². The van der Waals surface area contributed by atoms with Crippen molar-refractivity contribution < 1.29 is 14.4 Å². The van der Waals surface area contributed by atoms with E-state index in [-0.39, 0.29) is 11.2 Å². The van der Waals surface area contributed by atoms with Crippen LogP contribution >= 0.6 is 0 Å². The molecule has 1 saturated heterocycles. The van der Waals surface area contributed by atoms with E-state index in [1.165, 1.54) is 0 Å². The SMILES string of the molecule is C=CCON=C(CCC)C1=C(N2CCOCC2)CC(C)(C)CC1=O. The van der Waals surface area contributed by atoms with Gasteiger partial charge in [-0.15, -0.1) is 0 Å². The van der Waals surface area contributed by atoms with Gasteiger partial charge in [-0.1, -0.05) is 45.0 Å². The van der Waals surface area contributed by atoms with Crippen LogP contribution in [0.1, 0.15) is 46.5 Å². The number of hydrogen-bond acceptors (Lipinski definition) is 5. The molecule has 0 saturated carbocycles. The van der Waals surface area contributed by atoms with E-state index in [4.69, 9.17) is 9.57 Å². The molecule has 0 radical (unpaired) electrons. The summed E-state index contributed by atoms with van der Waals surface area (Å²) in [5, 5.41) is 4.28. The first-order chi connectivity index (χ1) is 11.5. The van der Waals surface area contributed by atoms with Gasteiger partial charge < -0.3 is 14.5 Å². The van der Waals surface area contributed by atoms with Crippen LogP contribution in [0.15, 0.2) is 29.1 Å². The zero-order valence-electron chi connectivity index (χ0n) is 15.3. The van der Waals surface area contributed by atoms with E-state index in [1.807, 2.05) is 0 Å². The highest BCUT2D eigenvalue weighted by Gasteiger charge is 2.37. The van der Waals surface area contributed by atoms with Crippen molar-refractivity contribution in [3.05, 3.63) is 23.9 Å². The van der Waals surface area contributed by atoms with Crippen LogP contribution in [0.4, 0.5) is 0 Å². The lowest BCUT2D eigenvalue weighted by atomic mass is 9.74. The predicted molar refractivity (Wildman–Crippen MR) is 95.9 cm³/mol. The van der Waals surface area contributed by atoms with Crippen LogP contribution in [0.5, 0.6) is 0 Å². The van der Waals surface area contributed by atoms with E-state index in [2.05, 4.69) is 37.4 Å². The zero-order valence-corrected chi connectivity index (χ0v) is 15.3. The Kier molecular flexibility index (Phi) is 6.60. The van der Waals surface area contributed by atoms with Gasteiger partial charge in [0.2, 0.25) is 0 Å². The smallest absolute Gasteiger partial charge is 0.167 e. The lowest BCUT2D eigenvalue weighted by Gasteiger charge is -2.40. The Balaban J connectivity index is 2.42. The molecule has 1 aliphatic carbocycles. The van der Waals surface area contributed by atoms with Gasteiger partial charge in [0.05, 0.1) is 24.5 Å². The van der Waals surface area contributed by atoms with E-state index >= 15 is 0 Å². The average Bonchev–Trinajstić information content (AvgIpc) is 2.54. The quantitative estimate of drug-likeness (QED) is 0.310. The van der Waals surface area contributed by atoms with Crippen molar-refractivity contribution in [3.8, 4) is 0 Å². The molecule has 0 aromatic carbocycles. The minimum atomic E-state index is -0.0203. The first kappa shape index (κ1) is 18.7. The Morgan fingerprint density at radius 1 is 1.38 bits per heavy atom. The number of rotatable bonds is 7. The number of nitrogens with zero attached hydrogens (tertiary/aromatic N) is 2. The first-order valence-electron chi connectivity index (χ1n) is 8.87. The third kappa shape index (κ3) is 4.69. The maximum absolute atomic E-state index is 12.9. The Morgan fingerprint density at radius 2 is 2.08 bits per heavy atom. The van der Waals surface area contributed by atoms with Crippen LogP contribution in [-0.4, -0.2) is 49.3 Å². The molecule has 0 bridgehead atoms. The Labute approximate surface area is 145 Å². The van der Waals surface area contributed by atoms with Crippen molar-refractivity contribution in [3.63, 3.8) is 0 Å². The molecule has 1 aliphatic heterocycles. The predicted octanol–water partition coefficient (Wildman–Crippen LogP) is 3.32. The number of morpholine rings is 1. The summed E-state index contributed by atoms with van der Waals surface area (Å²) in [6.07, 6.45) is 4.77. The molecule has 0 N–H and O–H groups in total. The summed E-state index contributed by atoms with van der Waals surface area (Å²) in [5.41, 5.74) is 2.66. The second kappa shape index (κ2) is 8.47. The van der Waals surface area contributed by atoms with Gasteiger partial charge in [0.1, 0.15) is 6.61 Å². The second-order valence-corrected chi connectivity index (χ2v) is 7.23. The molecule has 0 aromatic heterocycles. The number of Topliss-reactive ketones (excluding diaryl/α,β-unsaturated/α-hetero) is 1. The van der Waals surface area contributed by atoms with Crippen LogP contribution in [0, 0.1) is 5.41 Å². The number of ketones is 1. The lowest BCUT2D eigenvalue weighted by Crippen LogP contribution is -2.41. The minimum Gasteiger partial charge on any atom is -0.391 e. The number of hydrogen-bond donors (Lipinski definition) is 0. The van der Waals surface area contributed by atoms with E-state index < -0.39 is 0 Å². The van der Waals surface area contributed by atoms with Gasteiger partial charge in [-0.2, -0.15) is 0 Å². The summed E-state index contributed by atoms with van der Waals surface area (Å²) in [6, 6.07) is 0. The summed E-state index contributed by atoms with van der Waals surface area (Å²) >= 11 is 0. The number of carbonyl (C=O) groups is 1. The fraction of sp³-hybridized carbons (Fsp3) is 0.684. The third-order valence-corrected chi connectivity index (χ3v) is 4.39. The Bertz CT molecular complexity index is 529. The van der Waals surface area contributed by atoms with E-state index in [1.54, 1.807) is 6.08 Å². The highest BCUT2D eigenvalue weighted by Crippen LogP contribution is 2.39. The lowest BCUT2D eigenvalue weighted by molar-refractivity contribution is -0.118. The number of allylic oxidation sites excluding steroid dienone is 2. The molecule has 1 heterocycles. The van der Waals surface area contributed by atoms with Crippen molar-refractivity contribution >= 4 is 11.5 Å². The molecule has 2 aliphatic rings. The number of oxime groups is 1. The molecule has 0 unspecified atom stereocenters. The maximum Gasteiger partial charge on any atom is 0.167 e. The Hall–Kier alpha value is -1.62. The number of ether oxygens (including phenoxy) is 1. The fourth-order valence-electron chi connectivity index (χ4n) is 3.34. The summed E-state index contributed by atoms with van der Waals surface area (Å²) in [5.74, 6) is 0.183. The molecule has 0 amide bonds. The molecule has 2 rings (SSSR count). The van der Waals surface area contributed by atoms with Gasteiger partial charge in [0.15, 0.2) is 5.78 Å². The molecule has 134 valence electrons. The highest BCUT2D eigenvalue weighted by molar-refractivity contribution is 6.23. The normalized spacial score (nSPS) is 21.9. The van der Waals surface area contributed by atoms with Crippen molar-refractivity contribution in [1.29, 1.82) is 0 Å². The van der Waals surface area contributed by atoms with Gasteiger partial charge in [-0.3, -0.25) is 4.79 Å². The minimum absolute atomic E-state index is 0.0203. The van der Waals surface area contributed by atoms with Crippen LogP contribution in [0.2, 0.25) is 0 Å². The molecular formula is C19H30N2O3. The van der Waals surface area contributed by atoms with Gasteiger partial charge in [0, 0.05) is 25.2 Å². The van der Waals surface area contributed by atoms with Crippen LogP contribution in [0.3, 0.4) is 0 Å². The maximum atomic E-state index is 12.9. The third-order valence-electron chi connectivity index (χ3n) is 4.39. The summed E-state index contributed by atoms with van der Waals surface area (Å²) in [4.78, 5) is 20.6. The summed E-state index contributed by atoms with van der Waals surface area (Å²) in [6.45, 7) is 13.5. The number of carbonyl (C=O) groups excluding carboxylic acids is 1. The molecule has 0 aromatic rings. The molecule has 0 atom stereocenters. The summed E-state index contributed by atoms with van der Waals surface area (Å²) in [7, 11) is 0. The van der Waals surface area contributed by atoms with Crippen molar-refractivity contribution in [2.75, 3.05) is 32.9 Å². The molecule has 5 heteroatoms. The van der Waals surface area contributed by atoms with Crippen molar-refractivity contribution in [2.45, 2.75) is 46.5 Å². The van der Waals surface area contributed by atoms with Crippen LogP contribution < -0.4 is 0 Å². The van der Waals surface area contributed by atoms with Crippen LogP contribution in [0.25, 0.3) is 0 Å². The molecule has 0 spiro atoms. The second-order valence-electron chi connectivity index (χ2n) is 7.23. The molecule has 24 heavy (non-hydrogen) atoms. The zero-order chi connectivity index (χ0) is 17.6. The van der Waals surface area contributed by atoms with Gasteiger partial charge in [-0.05, 0) is 18.3 Å². The van der Waals surface area contributed by atoms with E-state index in [0.29, 0.717) is 26.2 Å². The summed E-state index contributed by atoms with van der Waals surface area (Å²) < 4.78 is 5.48. The van der Waals surface area contributed by atoms with Crippen LogP contribution in [-0.2, 0) is 14.4 Å². The average molecular weight is 334 g/mol. The van der Waals surface area contributed by atoms with E-state index in [9.17, 15) is 4.79 Å². The van der Waals surface area contributed by atoms with Crippen molar-refractivity contribution in [2.24, 2.45) is 10.6 Å². The molecule has 5 nitrogen and oxygen atoms in total.